The number of hydrogen-bond acceptors (Lipinski definition) is 5. The van der Waals surface area contributed by atoms with Gasteiger partial charge >= 0.3 is 0 Å². The van der Waals surface area contributed by atoms with Gasteiger partial charge in [0.15, 0.2) is 6.61 Å². The highest BCUT2D eigenvalue weighted by Gasteiger charge is 2.10. The zero-order valence-corrected chi connectivity index (χ0v) is 12.0. The summed E-state index contributed by atoms with van der Waals surface area (Å²) >= 11 is 0. The van der Waals surface area contributed by atoms with Crippen LogP contribution in [0.25, 0.3) is 0 Å². The second kappa shape index (κ2) is 6.52. The van der Waals surface area contributed by atoms with Crippen LogP contribution in [0.4, 0.5) is 0 Å². The first-order valence-corrected chi connectivity index (χ1v) is 6.77. The van der Waals surface area contributed by atoms with Gasteiger partial charge in [0.25, 0.3) is 0 Å². The van der Waals surface area contributed by atoms with Crippen molar-refractivity contribution in [3.8, 4) is 5.75 Å². The first-order valence-electron chi connectivity index (χ1n) is 6.77. The topological polar surface area (TPSA) is 68.4 Å². The first kappa shape index (κ1) is 14.5. The molecule has 1 N–H and O–H groups in total. The van der Waals surface area contributed by atoms with Gasteiger partial charge in [-0.15, -0.1) is 0 Å². The molecule has 1 atom stereocenters. The zero-order chi connectivity index (χ0) is 14.5. The number of aliphatic hydroxyl groups excluding tert-OH is 1. The lowest BCUT2D eigenvalue weighted by atomic mass is 10.1. The van der Waals surface area contributed by atoms with Crippen LogP contribution in [-0.2, 0) is 13.0 Å². The molecule has 0 aliphatic rings. The van der Waals surface area contributed by atoms with Crippen molar-refractivity contribution in [3.63, 3.8) is 0 Å². The Bertz CT molecular complexity index is 532. The Balaban J connectivity index is 1.90. The normalized spacial score (nSPS) is 12.7. The van der Waals surface area contributed by atoms with E-state index in [1.165, 1.54) is 0 Å². The van der Waals surface area contributed by atoms with Crippen LogP contribution < -0.4 is 4.74 Å². The molecule has 0 bridgehead atoms. The van der Waals surface area contributed by atoms with E-state index in [2.05, 4.69) is 10.1 Å². The molecular weight excluding hydrogens is 256 g/mol. The summed E-state index contributed by atoms with van der Waals surface area (Å²) in [7, 11) is 0. The predicted octanol–water partition coefficient (Wildman–Crippen LogP) is 2.70. The highest BCUT2D eigenvalue weighted by atomic mass is 16.5. The van der Waals surface area contributed by atoms with Crippen LogP contribution in [0, 0.1) is 0 Å². The maximum absolute atomic E-state index is 9.32. The van der Waals surface area contributed by atoms with Gasteiger partial charge in [0.2, 0.25) is 11.7 Å². The monoisotopic (exact) mass is 276 g/mol. The van der Waals surface area contributed by atoms with Crippen molar-refractivity contribution in [1.29, 1.82) is 0 Å². The fourth-order valence-electron chi connectivity index (χ4n) is 1.77. The number of benzene rings is 1. The summed E-state index contributed by atoms with van der Waals surface area (Å²) in [4.78, 5) is 4.25. The summed E-state index contributed by atoms with van der Waals surface area (Å²) in [5.74, 6) is 2.13. The van der Waals surface area contributed by atoms with Crippen LogP contribution in [-0.4, -0.2) is 21.4 Å². The van der Waals surface area contributed by atoms with Crippen LogP contribution in [0.3, 0.4) is 0 Å². The molecule has 2 aromatic rings. The van der Waals surface area contributed by atoms with Crippen molar-refractivity contribution < 1.29 is 14.4 Å². The Labute approximate surface area is 118 Å². The van der Waals surface area contributed by atoms with Gasteiger partial charge in [-0.2, -0.15) is 4.98 Å². The molecule has 0 aliphatic heterocycles. The molecular formula is C15H20N2O3. The fourth-order valence-corrected chi connectivity index (χ4v) is 1.77. The molecule has 0 radical (unpaired) electrons. The second-order valence-corrected chi connectivity index (χ2v) is 5.19. The highest BCUT2D eigenvalue weighted by Crippen LogP contribution is 2.16. The van der Waals surface area contributed by atoms with Gasteiger partial charge in [-0.1, -0.05) is 31.1 Å². The standard InChI is InChI=1S/C15H20N2O3/c1-10(2)15-16-14(17-20-15)9-19-13-6-4-12(5-7-13)8-11(3)18/h4-7,10-11,18H,8-9H2,1-3H3. The van der Waals surface area contributed by atoms with Gasteiger partial charge in [0.05, 0.1) is 6.10 Å². The molecule has 0 saturated carbocycles. The number of ether oxygens (including phenoxy) is 1. The van der Waals surface area contributed by atoms with Crippen molar-refractivity contribution in [2.75, 3.05) is 0 Å². The maximum Gasteiger partial charge on any atom is 0.229 e. The zero-order valence-electron chi connectivity index (χ0n) is 12.0. The van der Waals surface area contributed by atoms with Crippen LogP contribution in [0.15, 0.2) is 28.8 Å². The molecule has 5 nitrogen and oxygen atoms in total. The van der Waals surface area contributed by atoms with Crippen molar-refractivity contribution in [1.82, 2.24) is 10.1 Å². The SMILES string of the molecule is CC(O)Cc1ccc(OCc2noc(C(C)C)n2)cc1. The molecule has 0 amide bonds. The molecule has 1 aromatic carbocycles. The van der Waals surface area contributed by atoms with Crippen LogP contribution >= 0.6 is 0 Å². The molecule has 1 heterocycles. The van der Waals surface area contributed by atoms with Gasteiger partial charge in [-0.25, -0.2) is 0 Å². The summed E-state index contributed by atoms with van der Waals surface area (Å²) in [6.07, 6.45) is 0.304. The van der Waals surface area contributed by atoms with E-state index < -0.39 is 0 Å². The highest BCUT2D eigenvalue weighted by molar-refractivity contribution is 5.27. The molecule has 0 saturated heterocycles. The van der Waals surface area contributed by atoms with Gasteiger partial charge in [0, 0.05) is 5.92 Å². The number of aromatic nitrogens is 2. The Morgan fingerprint density at radius 2 is 1.90 bits per heavy atom. The van der Waals surface area contributed by atoms with Gasteiger partial charge in [-0.05, 0) is 31.0 Å². The largest absolute Gasteiger partial charge is 0.485 e. The number of hydrogen-bond donors (Lipinski definition) is 1. The van der Waals surface area contributed by atoms with E-state index in [0.29, 0.717) is 18.1 Å². The van der Waals surface area contributed by atoms with Crippen LogP contribution in [0.5, 0.6) is 5.75 Å². The van der Waals surface area contributed by atoms with E-state index in [1.54, 1.807) is 6.92 Å². The van der Waals surface area contributed by atoms with E-state index in [1.807, 2.05) is 38.1 Å². The van der Waals surface area contributed by atoms with Gasteiger partial charge < -0.3 is 14.4 Å². The molecule has 5 heteroatoms. The first-order chi connectivity index (χ1) is 9.54. The van der Waals surface area contributed by atoms with Gasteiger partial charge in [0.1, 0.15) is 5.75 Å². The lowest BCUT2D eigenvalue weighted by Crippen LogP contribution is -2.04. The summed E-state index contributed by atoms with van der Waals surface area (Å²) in [5, 5.41) is 13.2. The smallest absolute Gasteiger partial charge is 0.229 e. The Hall–Kier alpha value is -1.88. The third-order valence-electron chi connectivity index (χ3n) is 2.80. The van der Waals surface area contributed by atoms with Crippen LogP contribution in [0.1, 0.15) is 44.0 Å². The number of nitrogens with zero attached hydrogens (tertiary/aromatic N) is 2. The third-order valence-corrected chi connectivity index (χ3v) is 2.80. The van der Waals surface area contributed by atoms with Crippen molar-refractivity contribution in [2.45, 2.75) is 45.8 Å². The minimum Gasteiger partial charge on any atom is -0.485 e. The average Bonchev–Trinajstić information content (AvgIpc) is 2.86. The summed E-state index contributed by atoms with van der Waals surface area (Å²) in [5.41, 5.74) is 1.08. The molecule has 108 valence electrons. The molecule has 0 spiro atoms. The predicted molar refractivity (Wildman–Crippen MR) is 74.5 cm³/mol. The summed E-state index contributed by atoms with van der Waals surface area (Å²) in [6.45, 7) is 6.05. The minimum atomic E-state index is -0.337. The van der Waals surface area contributed by atoms with Crippen molar-refractivity contribution in [2.24, 2.45) is 0 Å². The molecule has 0 aliphatic carbocycles. The van der Waals surface area contributed by atoms with E-state index in [4.69, 9.17) is 9.26 Å². The van der Waals surface area contributed by atoms with Gasteiger partial charge in [-0.3, -0.25) is 0 Å². The van der Waals surface area contributed by atoms with Crippen LogP contribution in [0.2, 0.25) is 0 Å². The quantitative estimate of drug-likeness (QED) is 0.878. The average molecular weight is 276 g/mol. The Kier molecular flexibility index (Phi) is 4.74. The van der Waals surface area contributed by atoms with E-state index in [-0.39, 0.29) is 18.6 Å². The van der Waals surface area contributed by atoms with E-state index in [9.17, 15) is 5.11 Å². The van der Waals surface area contributed by atoms with E-state index >= 15 is 0 Å². The molecule has 2 rings (SSSR count). The fraction of sp³-hybridized carbons (Fsp3) is 0.467. The summed E-state index contributed by atoms with van der Waals surface area (Å²) < 4.78 is 10.7. The molecule has 0 fully saturated rings. The molecule has 1 unspecified atom stereocenters. The third kappa shape index (κ3) is 4.06. The maximum atomic E-state index is 9.32. The number of rotatable bonds is 6. The van der Waals surface area contributed by atoms with E-state index in [0.717, 1.165) is 11.3 Å². The number of aliphatic hydroxyl groups is 1. The van der Waals surface area contributed by atoms with Crippen molar-refractivity contribution in [3.05, 3.63) is 41.5 Å². The lowest BCUT2D eigenvalue weighted by molar-refractivity contribution is 0.195. The Morgan fingerprint density at radius 3 is 2.45 bits per heavy atom. The summed E-state index contributed by atoms with van der Waals surface area (Å²) in [6, 6.07) is 7.64. The van der Waals surface area contributed by atoms with Crippen molar-refractivity contribution >= 4 is 0 Å². The second-order valence-electron chi connectivity index (χ2n) is 5.19. The minimum absolute atomic E-state index is 0.219. The Morgan fingerprint density at radius 1 is 1.20 bits per heavy atom. The lowest BCUT2D eigenvalue weighted by Gasteiger charge is -2.06. The molecule has 1 aromatic heterocycles. The molecule has 20 heavy (non-hydrogen) atoms.